The molecule has 70 valence electrons. The minimum Gasteiger partial charge on any atom is -0.481 e. The van der Waals surface area contributed by atoms with Gasteiger partial charge in [0.15, 0.2) is 0 Å². The largest absolute Gasteiger partial charge is 0.481 e. The fourth-order valence-corrected chi connectivity index (χ4v) is 0.588. The number of aliphatic carboxylic acids is 1. The van der Waals surface area contributed by atoms with Crippen molar-refractivity contribution >= 4 is 5.97 Å². The van der Waals surface area contributed by atoms with Crippen molar-refractivity contribution in [3.05, 3.63) is 0 Å². The molecule has 0 heterocycles. The Kier molecular flexibility index (Phi) is 14.4. The summed E-state index contributed by atoms with van der Waals surface area (Å²) < 4.78 is 0. The Bertz CT molecular complexity index is 147. The first-order chi connectivity index (χ1) is 5.65. The van der Waals surface area contributed by atoms with Crippen LogP contribution in [0.5, 0.6) is 0 Å². The first-order valence-corrected chi connectivity index (χ1v) is 4.24. The summed E-state index contributed by atoms with van der Waals surface area (Å²) in [4.78, 5) is 9.00. The van der Waals surface area contributed by atoms with Crippen LogP contribution in [0, 0.1) is 11.8 Å². The molecule has 0 unspecified atom stereocenters. The van der Waals surface area contributed by atoms with E-state index < -0.39 is 5.97 Å². The van der Waals surface area contributed by atoms with Gasteiger partial charge in [0.2, 0.25) is 0 Å². The van der Waals surface area contributed by atoms with Crippen LogP contribution < -0.4 is 0 Å². The van der Waals surface area contributed by atoms with E-state index in [0.717, 1.165) is 13.3 Å². The molecule has 2 heteroatoms. The van der Waals surface area contributed by atoms with Crippen molar-refractivity contribution in [1.29, 1.82) is 0 Å². The predicted molar refractivity (Wildman–Crippen MR) is 50.9 cm³/mol. The summed E-state index contributed by atoms with van der Waals surface area (Å²) in [6.45, 7) is 5.19. The standard InChI is InChI=1S/C8H14.C2H4O2/c1-3-5-7-8-6-4-2;1-2(3)4/h3,5,7-8H2,1-2H3;1H3,(H,3,4). The SMILES string of the molecule is CC#CCCCCC.CC(=O)O. The monoisotopic (exact) mass is 170 g/mol. The van der Waals surface area contributed by atoms with Crippen molar-refractivity contribution in [3.8, 4) is 11.8 Å². The number of unbranched alkanes of at least 4 members (excludes halogenated alkanes) is 3. The van der Waals surface area contributed by atoms with Crippen molar-refractivity contribution in [2.24, 2.45) is 0 Å². The Hall–Kier alpha value is -0.970. The molecule has 0 aromatic rings. The summed E-state index contributed by atoms with van der Waals surface area (Å²) >= 11 is 0. The average Bonchev–Trinajstić information content (AvgIpc) is 1.97. The highest BCUT2D eigenvalue weighted by atomic mass is 16.4. The highest BCUT2D eigenvalue weighted by molar-refractivity contribution is 5.62. The zero-order chi connectivity index (χ0) is 9.82. The van der Waals surface area contributed by atoms with Crippen molar-refractivity contribution in [2.75, 3.05) is 0 Å². The topological polar surface area (TPSA) is 37.3 Å². The van der Waals surface area contributed by atoms with Gasteiger partial charge in [-0.1, -0.05) is 19.8 Å². The molecular weight excluding hydrogens is 152 g/mol. The van der Waals surface area contributed by atoms with E-state index >= 15 is 0 Å². The highest BCUT2D eigenvalue weighted by Crippen LogP contribution is 1.96. The van der Waals surface area contributed by atoms with Gasteiger partial charge in [-0.3, -0.25) is 4.79 Å². The third-order valence-electron chi connectivity index (χ3n) is 1.08. The average molecular weight is 170 g/mol. The lowest BCUT2D eigenvalue weighted by atomic mass is 10.2. The Morgan fingerprint density at radius 1 is 1.42 bits per heavy atom. The van der Waals surface area contributed by atoms with Crippen molar-refractivity contribution in [3.63, 3.8) is 0 Å². The van der Waals surface area contributed by atoms with Crippen LogP contribution in [0.3, 0.4) is 0 Å². The first-order valence-electron chi connectivity index (χ1n) is 4.24. The Labute approximate surface area is 75.0 Å². The number of carboxylic acid groups (broad SMARTS) is 1. The summed E-state index contributed by atoms with van der Waals surface area (Å²) in [5.41, 5.74) is 0. The predicted octanol–water partition coefficient (Wildman–Crippen LogP) is 2.68. The van der Waals surface area contributed by atoms with Crippen LogP contribution in [0.25, 0.3) is 0 Å². The van der Waals surface area contributed by atoms with E-state index in [-0.39, 0.29) is 0 Å². The lowest BCUT2D eigenvalue weighted by molar-refractivity contribution is -0.134. The van der Waals surface area contributed by atoms with Crippen molar-refractivity contribution in [1.82, 2.24) is 0 Å². The molecule has 2 nitrogen and oxygen atoms in total. The fraction of sp³-hybridized carbons (Fsp3) is 0.700. The van der Waals surface area contributed by atoms with Crippen molar-refractivity contribution in [2.45, 2.75) is 46.5 Å². The first kappa shape index (κ1) is 13.6. The van der Waals surface area contributed by atoms with E-state index in [1.165, 1.54) is 19.3 Å². The molecule has 0 aromatic carbocycles. The molecule has 0 aliphatic heterocycles. The van der Waals surface area contributed by atoms with Gasteiger partial charge in [-0.25, -0.2) is 0 Å². The third kappa shape index (κ3) is 35.9. The molecule has 0 fully saturated rings. The number of hydrogen-bond donors (Lipinski definition) is 1. The van der Waals surface area contributed by atoms with Crippen LogP contribution >= 0.6 is 0 Å². The minimum absolute atomic E-state index is 0.833. The van der Waals surface area contributed by atoms with Gasteiger partial charge in [0, 0.05) is 13.3 Å². The summed E-state index contributed by atoms with van der Waals surface area (Å²) in [7, 11) is 0. The number of carboxylic acids is 1. The van der Waals surface area contributed by atoms with Gasteiger partial charge in [-0.2, -0.15) is 0 Å². The summed E-state index contributed by atoms with van der Waals surface area (Å²) in [5, 5.41) is 7.42. The molecule has 0 aliphatic rings. The van der Waals surface area contributed by atoms with Crippen LogP contribution in [-0.2, 0) is 4.79 Å². The second kappa shape index (κ2) is 12.7. The molecule has 0 radical (unpaired) electrons. The van der Waals surface area contributed by atoms with E-state index in [0.29, 0.717) is 0 Å². The van der Waals surface area contributed by atoms with E-state index in [1.807, 2.05) is 6.92 Å². The lowest BCUT2D eigenvalue weighted by Crippen LogP contribution is -1.78. The summed E-state index contributed by atoms with van der Waals surface area (Å²) in [5.74, 6) is 5.08. The summed E-state index contributed by atoms with van der Waals surface area (Å²) in [6, 6.07) is 0. The molecule has 0 saturated heterocycles. The molecule has 0 saturated carbocycles. The van der Waals surface area contributed by atoms with Gasteiger partial charge in [0.25, 0.3) is 5.97 Å². The highest BCUT2D eigenvalue weighted by Gasteiger charge is 1.78. The maximum absolute atomic E-state index is 9.00. The van der Waals surface area contributed by atoms with Gasteiger partial charge < -0.3 is 5.11 Å². The van der Waals surface area contributed by atoms with Gasteiger partial charge in [-0.05, 0) is 13.3 Å². The van der Waals surface area contributed by atoms with E-state index in [9.17, 15) is 0 Å². The van der Waals surface area contributed by atoms with Gasteiger partial charge in [-0.15, -0.1) is 11.8 Å². The number of carbonyl (C=O) groups is 1. The molecular formula is C10H18O2. The molecule has 12 heavy (non-hydrogen) atoms. The Morgan fingerprint density at radius 2 is 1.92 bits per heavy atom. The number of rotatable bonds is 3. The Morgan fingerprint density at radius 3 is 2.25 bits per heavy atom. The zero-order valence-corrected chi connectivity index (χ0v) is 8.18. The molecule has 0 bridgehead atoms. The molecule has 0 atom stereocenters. The van der Waals surface area contributed by atoms with Crippen molar-refractivity contribution < 1.29 is 9.90 Å². The molecule has 0 rings (SSSR count). The van der Waals surface area contributed by atoms with Gasteiger partial charge in [0.1, 0.15) is 0 Å². The van der Waals surface area contributed by atoms with Gasteiger partial charge in [0.05, 0.1) is 0 Å². The molecule has 1 N–H and O–H groups in total. The van der Waals surface area contributed by atoms with Gasteiger partial charge >= 0.3 is 0 Å². The third-order valence-corrected chi connectivity index (χ3v) is 1.08. The minimum atomic E-state index is -0.833. The Balaban J connectivity index is 0. The normalized spacial score (nSPS) is 7.25. The van der Waals surface area contributed by atoms with Crippen LogP contribution in [0.2, 0.25) is 0 Å². The number of hydrogen-bond acceptors (Lipinski definition) is 1. The molecule has 0 aromatic heterocycles. The van der Waals surface area contributed by atoms with E-state index in [4.69, 9.17) is 9.90 Å². The van der Waals surface area contributed by atoms with E-state index in [2.05, 4.69) is 18.8 Å². The smallest absolute Gasteiger partial charge is 0.300 e. The second-order valence-electron chi connectivity index (χ2n) is 2.40. The maximum atomic E-state index is 9.00. The van der Waals surface area contributed by atoms with Crippen LogP contribution in [0.15, 0.2) is 0 Å². The molecule has 0 amide bonds. The van der Waals surface area contributed by atoms with E-state index in [1.54, 1.807) is 0 Å². The quantitative estimate of drug-likeness (QED) is 0.522. The lowest BCUT2D eigenvalue weighted by Gasteiger charge is -1.86. The summed E-state index contributed by atoms with van der Waals surface area (Å²) in [6.07, 6.45) is 4.99. The van der Waals surface area contributed by atoms with Crippen LogP contribution in [0.1, 0.15) is 46.5 Å². The second-order valence-corrected chi connectivity index (χ2v) is 2.40. The zero-order valence-electron chi connectivity index (χ0n) is 8.18. The van der Waals surface area contributed by atoms with Crippen LogP contribution in [0.4, 0.5) is 0 Å². The van der Waals surface area contributed by atoms with Crippen LogP contribution in [-0.4, -0.2) is 11.1 Å². The molecule has 0 aliphatic carbocycles. The molecule has 0 spiro atoms. The maximum Gasteiger partial charge on any atom is 0.300 e. The fourth-order valence-electron chi connectivity index (χ4n) is 0.588.